The molecule has 5 nitrogen and oxygen atoms in total. The molecule has 0 spiro atoms. The third kappa shape index (κ3) is 6.57. The molecule has 0 aliphatic rings. The molecule has 2 aromatic carbocycles. The molecule has 0 aliphatic heterocycles. The summed E-state index contributed by atoms with van der Waals surface area (Å²) in [6.45, 7) is 8.64. The number of ether oxygens (including phenoxy) is 2. The number of hydrogen-bond acceptors (Lipinski definition) is 4. The van der Waals surface area contributed by atoms with Gasteiger partial charge in [0.2, 0.25) is 0 Å². The SMILES string of the molecule is CCOC(=O)c1ccc(C)c(NC(=S)NCc2cccc(OC(C)C)c2)c1. The summed E-state index contributed by atoms with van der Waals surface area (Å²) in [6, 6.07) is 13.2. The van der Waals surface area contributed by atoms with Crippen LogP contribution in [0.25, 0.3) is 0 Å². The predicted molar refractivity (Wildman–Crippen MR) is 112 cm³/mol. The summed E-state index contributed by atoms with van der Waals surface area (Å²) in [5.74, 6) is 0.488. The number of hydrogen-bond donors (Lipinski definition) is 2. The molecule has 0 fully saturated rings. The zero-order chi connectivity index (χ0) is 19.8. The van der Waals surface area contributed by atoms with Crippen LogP contribution in [0.4, 0.5) is 5.69 Å². The van der Waals surface area contributed by atoms with Gasteiger partial charge in [-0.2, -0.15) is 0 Å². The number of benzene rings is 2. The van der Waals surface area contributed by atoms with Crippen LogP contribution in [0, 0.1) is 6.92 Å². The quantitative estimate of drug-likeness (QED) is 0.542. The van der Waals surface area contributed by atoms with Gasteiger partial charge in [-0.1, -0.05) is 18.2 Å². The highest BCUT2D eigenvalue weighted by atomic mass is 32.1. The molecule has 0 saturated heterocycles. The standard InChI is InChI=1S/C21H26N2O3S/c1-5-25-20(24)17-10-9-15(4)19(12-17)23-21(27)22-13-16-7-6-8-18(11-16)26-14(2)3/h6-12,14H,5,13H2,1-4H3,(H2,22,23,27). The van der Waals surface area contributed by atoms with Gasteiger partial charge in [-0.3, -0.25) is 0 Å². The van der Waals surface area contributed by atoms with Crippen LogP contribution in [-0.4, -0.2) is 23.8 Å². The summed E-state index contributed by atoms with van der Waals surface area (Å²) in [4.78, 5) is 11.9. The van der Waals surface area contributed by atoms with Crippen molar-refractivity contribution in [2.75, 3.05) is 11.9 Å². The minimum Gasteiger partial charge on any atom is -0.491 e. The van der Waals surface area contributed by atoms with Crippen molar-refractivity contribution < 1.29 is 14.3 Å². The van der Waals surface area contributed by atoms with Gasteiger partial charge < -0.3 is 20.1 Å². The van der Waals surface area contributed by atoms with Gasteiger partial charge in [-0.05, 0) is 75.3 Å². The smallest absolute Gasteiger partial charge is 0.338 e. The van der Waals surface area contributed by atoms with Crippen LogP contribution < -0.4 is 15.4 Å². The lowest BCUT2D eigenvalue weighted by Gasteiger charge is -2.14. The topological polar surface area (TPSA) is 59.6 Å². The molecule has 0 unspecified atom stereocenters. The Morgan fingerprint density at radius 2 is 1.96 bits per heavy atom. The summed E-state index contributed by atoms with van der Waals surface area (Å²) in [6.07, 6.45) is 0.130. The number of nitrogens with one attached hydrogen (secondary N) is 2. The number of thiocarbonyl (C=S) groups is 1. The second-order valence-electron chi connectivity index (χ2n) is 6.37. The Kier molecular flexibility index (Phi) is 7.61. The van der Waals surface area contributed by atoms with Gasteiger partial charge in [0.15, 0.2) is 5.11 Å². The summed E-state index contributed by atoms with van der Waals surface area (Å²) in [5.41, 5.74) is 3.31. The summed E-state index contributed by atoms with van der Waals surface area (Å²) in [7, 11) is 0. The molecule has 2 aromatic rings. The van der Waals surface area contributed by atoms with E-state index in [0.29, 0.717) is 23.8 Å². The van der Waals surface area contributed by atoms with E-state index in [4.69, 9.17) is 21.7 Å². The van der Waals surface area contributed by atoms with Crippen LogP contribution in [0.1, 0.15) is 42.3 Å². The Balaban J connectivity index is 1.98. The van der Waals surface area contributed by atoms with Crippen LogP contribution >= 0.6 is 12.2 Å². The summed E-state index contributed by atoms with van der Waals surface area (Å²) in [5, 5.41) is 6.80. The van der Waals surface area contributed by atoms with Crippen molar-refractivity contribution in [3.8, 4) is 5.75 Å². The third-order valence-electron chi connectivity index (χ3n) is 3.72. The van der Waals surface area contributed by atoms with Crippen LogP contribution in [0.5, 0.6) is 5.75 Å². The molecular weight excluding hydrogens is 360 g/mol. The van der Waals surface area contributed by atoms with Gasteiger partial charge >= 0.3 is 5.97 Å². The van der Waals surface area contributed by atoms with Crippen LogP contribution in [-0.2, 0) is 11.3 Å². The minimum atomic E-state index is -0.346. The van der Waals surface area contributed by atoms with E-state index in [0.717, 1.165) is 22.6 Å². The fourth-order valence-electron chi connectivity index (χ4n) is 2.45. The van der Waals surface area contributed by atoms with E-state index in [1.807, 2.05) is 51.1 Å². The van der Waals surface area contributed by atoms with Crippen molar-refractivity contribution in [3.05, 3.63) is 59.2 Å². The Hall–Kier alpha value is -2.60. The molecular formula is C21H26N2O3S. The van der Waals surface area contributed by atoms with E-state index >= 15 is 0 Å². The second kappa shape index (κ2) is 9.92. The first-order valence-corrected chi connectivity index (χ1v) is 9.38. The predicted octanol–water partition coefficient (Wildman–Crippen LogP) is 4.45. The number of carbonyl (C=O) groups excluding carboxylic acids is 1. The Morgan fingerprint density at radius 3 is 2.67 bits per heavy atom. The van der Waals surface area contributed by atoms with Crippen LogP contribution in [0.2, 0.25) is 0 Å². The second-order valence-corrected chi connectivity index (χ2v) is 6.78. The minimum absolute atomic E-state index is 0.130. The molecule has 0 atom stereocenters. The molecule has 0 aromatic heterocycles. The fourth-order valence-corrected chi connectivity index (χ4v) is 2.63. The molecule has 0 saturated carbocycles. The van der Waals surface area contributed by atoms with Gasteiger partial charge in [0, 0.05) is 12.2 Å². The van der Waals surface area contributed by atoms with Crippen molar-refractivity contribution in [1.82, 2.24) is 5.32 Å². The average Bonchev–Trinajstić information content (AvgIpc) is 2.62. The molecule has 0 bridgehead atoms. The number of aryl methyl sites for hydroxylation is 1. The molecule has 6 heteroatoms. The lowest BCUT2D eigenvalue weighted by Crippen LogP contribution is -2.28. The van der Waals surface area contributed by atoms with E-state index in [9.17, 15) is 4.79 Å². The van der Waals surface area contributed by atoms with Gasteiger partial charge in [0.25, 0.3) is 0 Å². The monoisotopic (exact) mass is 386 g/mol. The maximum Gasteiger partial charge on any atom is 0.338 e. The first kappa shape index (κ1) is 20.7. The van der Waals surface area contributed by atoms with E-state index in [1.54, 1.807) is 19.1 Å². The van der Waals surface area contributed by atoms with Crippen LogP contribution in [0.15, 0.2) is 42.5 Å². The first-order valence-electron chi connectivity index (χ1n) is 8.97. The highest BCUT2D eigenvalue weighted by molar-refractivity contribution is 7.80. The van der Waals surface area contributed by atoms with Crippen molar-refractivity contribution in [2.45, 2.75) is 40.3 Å². The molecule has 27 heavy (non-hydrogen) atoms. The van der Waals surface area contributed by atoms with Crippen molar-refractivity contribution >= 4 is 29.0 Å². The van der Waals surface area contributed by atoms with E-state index in [2.05, 4.69) is 10.6 Å². The first-order chi connectivity index (χ1) is 12.9. The van der Waals surface area contributed by atoms with E-state index < -0.39 is 0 Å². The normalized spacial score (nSPS) is 10.4. The Bertz CT molecular complexity index is 806. The van der Waals surface area contributed by atoms with Crippen LogP contribution in [0.3, 0.4) is 0 Å². The largest absolute Gasteiger partial charge is 0.491 e. The molecule has 144 valence electrons. The van der Waals surface area contributed by atoms with Crippen molar-refractivity contribution in [1.29, 1.82) is 0 Å². The number of rotatable bonds is 7. The zero-order valence-electron chi connectivity index (χ0n) is 16.2. The highest BCUT2D eigenvalue weighted by Crippen LogP contribution is 2.18. The maximum atomic E-state index is 11.9. The van der Waals surface area contributed by atoms with Crippen molar-refractivity contribution in [3.63, 3.8) is 0 Å². The number of anilines is 1. The van der Waals surface area contributed by atoms with Gasteiger partial charge in [-0.25, -0.2) is 4.79 Å². The average molecular weight is 387 g/mol. The Labute approximate surface area is 166 Å². The van der Waals surface area contributed by atoms with Gasteiger partial charge in [0.1, 0.15) is 5.75 Å². The molecule has 0 amide bonds. The highest BCUT2D eigenvalue weighted by Gasteiger charge is 2.10. The lowest BCUT2D eigenvalue weighted by molar-refractivity contribution is 0.0526. The molecule has 0 heterocycles. The lowest BCUT2D eigenvalue weighted by atomic mass is 10.1. The Morgan fingerprint density at radius 1 is 1.19 bits per heavy atom. The van der Waals surface area contributed by atoms with Gasteiger partial charge in [0.05, 0.1) is 18.3 Å². The zero-order valence-corrected chi connectivity index (χ0v) is 17.0. The molecule has 0 radical (unpaired) electrons. The molecule has 0 aliphatic carbocycles. The number of carbonyl (C=O) groups is 1. The van der Waals surface area contributed by atoms with E-state index in [-0.39, 0.29) is 12.1 Å². The maximum absolute atomic E-state index is 11.9. The summed E-state index contributed by atoms with van der Waals surface area (Å²) < 4.78 is 10.8. The van der Waals surface area contributed by atoms with E-state index in [1.165, 1.54) is 0 Å². The fraction of sp³-hybridized carbons (Fsp3) is 0.333. The molecule has 2 N–H and O–H groups in total. The summed E-state index contributed by atoms with van der Waals surface area (Å²) >= 11 is 5.39. The molecule has 2 rings (SSSR count). The van der Waals surface area contributed by atoms with Crippen molar-refractivity contribution in [2.24, 2.45) is 0 Å². The third-order valence-corrected chi connectivity index (χ3v) is 3.97. The van der Waals surface area contributed by atoms with Gasteiger partial charge in [-0.15, -0.1) is 0 Å². The number of esters is 1.